The van der Waals surface area contributed by atoms with Crippen molar-refractivity contribution in [3.8, 4) is 12.0 Å². The van der Waals surface area contributed by atoms with Crippen LogP contribution in [0, 0.1) is 11.5 Å². The van der Waals surface area contributed by atoms with Crippen LogP contribution >= 0.6 is 0 Å². The molecular weight excluding hydrogens is 548 g/mol. The van der Waals surface area contributed by atoms with Crippen LogP contribution in [0.15, 0.2) is 53.5 Å². The van der Waals surface area contributed by atoms with E-state index in [1.807, 2.05) is 0 Å². The minimum atomic E-state index is -0.486. The molecule has 0 saturated heterocycles. The van der Waals surface area contributed by atoms with Gasteiger partial charge in [0.05, 0.1) is 30.0 Å². The number of carbonyl (C=O) groups excluding carboxylic acids is 5. The van der Waals surface area contributed by atoms with Gasteiger partial charge in [0, 0.05) is 12.8 Å². The Morgan fingerprint density at radius 1 is 0.619 bits per heavy atom. The van der Waals surface area contributed by atoms with E-state index in [4.69, 9.17) is 24.2 Å². The van der Waals surface area contributed by atoms with Crippen LogP contribution in [0.25, 0.3) is 0 Å². The predicted molar refractivity (Wildman–Crippen MR) is 146 cm³/mol. The highest BCUT2D eigenvalue weighted by Crippen LogP contribution is 2.14. The lowest BCUT2D eigenvalue weighted by Gasteiger charge is -2.07. The zero-order valence-electron chi connectivity index (χ0n) is 23.1. The summed E-state index contributed by atoms with van der Waals surface area (Å²) in [6.45, 7) is 0.358. The lowest BCUT2D eigenvalue weighted by molar-refractivity contribution is -0.152. The van der Waals surface area contributed by atoms with E-state index in [2.05, 4.69) is 9.73 Å². The quantitative estimate of drug-likeness (QED) is 0.0562. The highest BCUT2D eigenvalue weighted by atomic mass is 16.6. The van der Waals surface area contributed by atoms with Crippen LogP contribution in [0.2, 0.25) is 0 Å². The molecule has 0 amide bonds. The van der Waals surface area contributed by atoms with E-state index in [-0.39, 0.29) is 39.3 Å². The summed E-state index contributed by atoms with van der Waals surface area (Å²) in [4.78, 5) is 61.2. The molecule has 0 aromatic heterocycles. The van der Waals surface area contributed by atoms with Crippen molar-refractivity contribution in [3.63, 3.8) is 0 Å². The first-order valence-corrected chi connectivity index (χ1v) is 13.4. The van der Waals surface area contributed by atoms with E-state index in [1.54, 1.807) is 6.26 Å². The molecule has 0 aliphatic carbocycles. The molecule has 2 aromatic carbocycles. The van der Waals surface area contributed by atoms with Gasteiger partial charge < -0.3 is 23.7 Å². The number of aliphatic imine (C=N–C) groups is 1. The van der Waals surface area contributed by atoms with E-state index in [0.29, 0.717) is 61.1 Å². The van der Waals surface area contributed by atoms with Crippen LogP contribution in [0.3, 0.4) is 0 Å². The lowest BCUT2D eigenvalue weighted by atomic mass is 10.2. The van der Waals surface area contributed by atoms with Crippen LogP contribution in [0.4, 0.5) is 5.69 Å². The number of isocyanates is 1. The molecule has 2 rings (SSSR count). The first-order valence-electron chi connectivity index (χ1n) is 13.4. The number of carbonyl (C=O) groups is 4. The molecule has 222 valence electrons. The maximum atomic E-state index is 12.0. The Morgan fingerprint density at radius 2 is 1.10 bits per heavy atom. The minimum absolute atomic E-state index is 0.0290. The fourth-order valence-electron chi connectivity index (χ4n) is 3.48. The lowest BCUT2D eigenvalue weighted by Crippen LogP contribution is -2.14. The maximum Gasteiger partial charge on any atom is 0.338 e. The second-order valence-electron chi connectivity index (χ2n) is 8.80. The van der Waals surface area contributed by atoms with Crippen molar-refractivity contribution in [3.05, 3.63) is 59.7 Å². The largest absolute Gasteiger partial charge is 0.462 e. The van der Waals surface area contributed by atoms with Gasteiger partial charge in [0.1, 0.15) is 19.0 Å². The van der Waals surface area contributed by atoms with E-state index in [1.165, 1.54) is 54.6 Å². The van der Waals surface area contributed by atoms with Crippen molar-refractivity contribution in [2.45, 2.75) is 51.4 Å². The Balaban J connectivity index is 1.40. The van der Waals surface area contributed by atoms with Crippen LogP contribution in [-0.4, -0.2) is 56.4 Å². The van der Waals surface area contributed by atoms with Crippen LogP contribution < -0.4 is 4.74 Å². The third-order valence-corrected chi connectivity index (χ3v) is 5.66. The van der Waals surface area contributed by atoms with E-state index < -0.39 is 23.9 Å². The van der Waals surface area contributed by atoms with Crippen LogP contribution in [0.5, 0.6) is 5.75 Å². The molecule has 0 spiro atoms. The third-order valence-electron chi connectivity index (χ3n) is 5.66. The standard InChI is InChI=1S/C30H32N2O10/c31-21-42-26-15-11-24(12-16-26)30(37)41-18-6-2-4-8-28(35)39-20-19-38-27(34)7-3-1-5-17-40-29(36)23-9-13-25(14-10-23)32-22-33/h9-16H,1-8,17-20H2. The molecule has 42 heavy (non-hydrogen) atoms. The number of hydrogen-bond acceptors (Lipinski definition) is 12. The first-order chi connectivity index (χ1) is 20.4. The average Bonchev–Trinajstić information content (AvgIpc) is 2.99. The highest BCUT2D eigenvalue weighted by Gasteiger charge is 2.09. The Labute approximate surface area is 243 Å². The molecular formula is C30H32N2O10. The molecule has 0 heterocycles. The summed E-state index contributed by atoms with van der Waals surface area (Å²) in [7, 11) is 0. The van der Waals surface area contributed by atoms with Gasteiger partial charge in [0.2, 0.25) is 6.08 Å². The molecule has 0 N–H and O–H groups in total. The second-order valence-corrected chi connectivity index (χ2v) is 8.80. The van der Waals surface area contributed by atoms with E-state index in [0.717, 1.165) is 0 Å². The molecule has 0 aliphatic heterocycles. The normalized spacial score (nSPS) is 9.98. The van der Waals surface area contributed by atoms with Gasteiger partial charge in [-0.2, -0.15) is 4.99 Å². The van der Waals surface area contributed by atoms with Gasteiger partial charge in [-0.15, -0.1) is 5.26 Å². The molecule has 0 unspecified atom stereocenters. The highest BCUT2D eigenvalue weighted by molar-refractivity contribution is 5.90. The molecule has 12 nitrogen and oxygen atoms in total. The van der Waals surface area contributed by atoms with Gasteiger partial charge in [0.15, 0.2) is 0 Å². The number of esters is 4. The molecule has 0 bridgehead atoms. The minimum Gasteiger partial charge on any atom is -0.462 e. The van der Waals surface area contributed by atoms with Gasteiger partial charge >= 0.3 is 23.9 Å². The summed E-state index contributed by atoms with van der Waals surface area (Å²) in [6.07, 6.45) is 6.99. The van der Waals surface area contributed by atoms with Crippen molar-refractivity contribution in [2.75, 3.05) is 26.4 Å². The summed E-state index contributed by atoms with van der Waals surface area (Å²) in [5, 5.41) is 8.46. The fraction of sp³-hybridized carbons (Fsp3) is 0.400. The Kier molecular flexibility index (Phi) is 15.8. The molecule has 0 atom stereocenters. The zero-order valence-corrected chi connectivity index (χ0v) is 23.1. The van der Waals surface area contributed by atoms with Crippen molar-refractivity contribution >= 4 is 35.6 Å². The maximum absolute atomic E-state index is 12.0. The number of nitriles is 1. The van der Waals surface area contributed by atoms with Crippen LogP contribution in [0.1, 0.15) is 72.1 Å². The van der Waals surface area contributed by atoms with Gasteiger partial charge in [-0.05, 0) is 87.1 Å². The van der Waals surface area contributed by atoms with Crippen molar-refractivity contribution < 1.29 is 47.7 Å². The zero-order chi connectivity index (χ0) is 30.4. The fourth-order valence-corrected chi connectivity index (χ4v) is 3.48. The van der Waals surface area contributed by atoms with Crippen LogP contribution in [-0.2, 0) is 33.3 Å². The number of rotatable bonds is 19. The summed E-state index contributed by atoms with van der Waals surface area (Å²) in [5.74, 6) is -1.44. The Bertz CT molecular complexity index is 1250. The molecule has 0 fully saturated rings. The molecule has 0 radical (unpaired) electrons. The second kappa shape index (κ2) is 20.0. The van der Waals surface area contributed by atoms with E-state index >= 15 is 0 Å². The van der Waals surface area contributed by atoms with Gasteiger partial charge in [-0.25, -0.2) is 14.4 Å². The monoisotopic (exact) mass is 580 g/mol. The average molecular weight is 581 g/mol. The van der Waals surface area contributed by atoms with E-state index in [9.17, 15) is 24.0 Å². The number of hydrogen-bond donors (Lipinski definition) is 0. The van der Waals surface area contributed by atoms with Gasteiger partial charge in [0.25, 0.3) is 6.26 Å². The number of ether oxygens (including phenoxy) is 5. The van der Waals surface area contributed by atoms with Crippen molar-refractivity contribution in [2.24, 2.45) is 4.99 Å². The van der Waals surface area contributed by atoms with Gasteiger partial charge in [-0.1, -0.05) is 0 Å². The summed E-state index contributed by atoms with van der Waals surface area (Å²) < 4.78 is 25.1. The Hall–Kier alpha value is -5.01. The molecule has 2 aromatic rings. The summed E-state index contributed by atoms with van der Waals surface area (Å²) >= 11 is 0. The SMILES string of the molecule is N#COc1ccc(C(=O)OCCCCCC(=O)OCCOC(=O)CCCCCOC(=O)c2ccc(N=C=O)cc2)cc1. The summed E-state index contributed by atoms with van der Waals surface area (Å²) in [5.41, 5.74) is 1.08. The number of nitrogens with zero attached hydrogens (tertiary/aromatic N) is 2. The van der Waals surface area contributed by atoms with Crippen molar-refractivity contribution in [1.29, 1.82) is 5.26 Å². The first kappa shape index (κ1) is 33.2. The predicted octanol–water partition coefficient (Wildman–Crippen LogP) is 4.73. The number of unbranched alkanes of at least 4 members (excludes halogenated alkanes) is 4. The molecule has 0 saturated carbocycles. The molecule has 0 aliphatic rings. The summed E-state index contributed by atoms with van der Waals surface area (Å²) in [6, 6.07) is 12.0. The third kappa shape index (κ3) is 13.9. The van der Waals surface area contributed by atoms with Crippen molar-refractivity contribution in [1.82, 2.24) is 0 Å². The Morgan fingerprint density at radius 3 is 1.55 bits per heavy atom. The smallest absolute Gasteiger partial charge is 0.338 e. The number of benzene rings is 2. The van der Waals surface area contributed by atoms with Gasteiger partial charge in [-0.3, -0.25) is 9.59 Å². The molecule has 12 heteroatoms. The topological polar surface area (TPSA) is 168 Å².